The summed E-state index contributed by atoms with van der Waals surface area (Å²) in [4.78, 5) is 34.6. The van der Waals surface area contributed by atoms with Crippen molar-refractivity contribution in [1.29, 1.82) is 0 Å². The van der Waals surface area contributed by atoms with Gasteiger partial charge in [-0.3, -0.25) is 9.59 Å². The van der Waals surface area contributed by atoms with Crippen LogP contribution >= 0.6 is 0 Å². The number of piperidine rings is 1. The molecule has 0 radical (unpaired) electrons. The maximum atomic E-state index is 13.1. The maximum Gasteiger partial charge on any atom is 0.254 e. The molecule has 1 aromatic heterocycles. The first-order valence-corrected chi connectivity index (χ1v) is 11.4. The van der Waals surface area contributed by atoms with Crippen molar-refractivity contribution >= 4 is 15.9 Å². The van der Waals surface area contributed by atoms with Crippen LogP contribution in [-0.2, 0) is 21.2 Å². The van der Waals surface area contributed by atoms with E-state index in [9.17, 15) is 18.0 Å². The Morgan fingerprint density at radius 1 is 1.22 bits per heavy atom. The molecule has 0 aliphatic carbocycles. The largest absolute Gasteiger partial charge is 0.332 e. The van der Waals surface area contributed by atoms with Gasteiger partial charge in [-0.2, -0.15) is 0 Å². The molecule has 1 aromatic rings. The highest BCUT2D eigenvalue weighted by molar-refractivity contribution is 7.88. The predicted molar refractivity (Wildman–Crippen MR) is 102 cm³/mol. The van der Waals surface area contributed by atoms with Gasteiger partial charge in [-0.05, 0) is 39.0 Å². The van der Waals surface area contributed by atoms with Gasteiger partial charge in [0.15, 0.2) is 0 Å². The van der Waals surface area contributed by atoms with Crippen LogP contribution < -0.4 is 5.56 Å². The maximum absolute atomic E-state index is 13.1. The molecule has 8 nitrogen and oxygen atoms in total. The zero-order valence-corrected chi connectivity index (χ0v) is 17.0. The van der Waals surface area contributed by atoms with Gasteiger partial charge in [-0.25, -0.2) is 17.7 Å². The second-order valence-corrected chi connectivity index (χ2v) is 9.48. The Morgan fingerprint density at radius 2 is 1.89 bits per heavy atom. The number of sulfonamides is 1. The van der Waals surface area contributed by atoms with E-state index in [0.29, 0.717) is 50.3 Å². The van der Waals surface area contributed by atoms with Gasteiger partial charge in [0.05, 0.1) is 12.3 Å². The molecule has 0 spiro atoms. The third-order valence-electron chi connectivity index (χ3n) is 5.72. The zero-order chi connectivity index (χ0) is 19.8. The van der Waals surface area contributed by atoms with Crippen LogP contribution in [0.15, 0.2) is 4.79 Å². The Kier molecular flexibility index (Phi) is 5.71. The van der Waals surface area contributed by atoms with Gasteiger partial charge in [0.25, 0.3) is 5.56 Å². The van der Waals surface area contributed by atoms with Crippen molar-refractivity contribution in [2.45, 2.75) is 52.0 Å². The smallest absolute Gasteiger partial charge is 0.254 e. The first-order chi connectivity index (χ1) is 12.7. The van der Waals surface area contributed by atoms with Crippen molar-refractivity contribution in [3.63, 3.8) is 0 Å². The van der Waals surface area contributed by atoms with Gasteiger partial charge in [0.2, 0.25) is 15.9 Å². The van der Waals surface area contributed by atoms with Crippen molar-refractivity contribution in [3.8, 4) is 0 Å². The number of rotatable bonds is 4. The van der Waals surface area contributed by atoms with Crippen LogP contribution in [0.4, 0.5) is 0 Å². The van der Waals surface area contributed by atoms with E-state index in [1.54, 1.807) is 0 Å². The van der Waals surface area contributed by atoms with Crippen LogP contribution in [0.5, 0.6) is 0 Å². The van der Waals surface area contributed by atoms with Crippen LogP contribution in [0.2, 0.25) is 0 Å². The number of carbonyl (C=O) groups is 1. The number of H-pyrrole nitrogens is 1. The van der Waals surface area contributed by atoms with Gasteiger partial charge in [-0.1, -0.05) is 6.92 Å². The number of aryl methyl sites for hydroxylation is 1. The number of carbonyl (C=O) groups excluding carboxylic acids is 1. The van der Waals surface area contributed by atoms with E-state index in [2.05, 4.69) is 9.97 Å². The molecule has 9 heteroatoms. The van der Waals surface area contributed by atoms with Crippen molar-refractivity contribution in [3.05, 3.63) is 27.4 Å². The first kappa shape index (κ1) is 20.0. The molecule has 1 atom stereocenters. The lowest BCUT2D eigenvalue weighted by atomic mass is 9.96. The molecule has 3 rings (SSSR count). The Morgan fingerprint density at radius 3 is 2.44 bits per heavy atom. The normalized spacial score (nSPS) is 22.3. The van der Waals surface area contributed by atoms with E-state index in [-0.39, 0.29) is 23.4 Å². The summed E-state index contributed by atoms with van der Waals surface area (Å²) in [6, 6.07) is -0.206. The molecule has 27 heavy (non-hydrogen) atoms. The number of likely N-dealkylation sites (tertiary alicyclic amines) is 1. The Hall–Kier alpha value is -1.74. The third kappa shape index (κ3) is 4.08. The molecule has 0 bridgehead atoms. The molecule has 0 unspecified atom stereocenters. The van der Waals surface area contributed by atoms with Crippen molar-refractivity contribution in [2.24, 2.45) is 5.92 Å². The lowest BCUT2D eigenvalue weighted by Gasteiger charge is -2.33. The number of aromatic amines is 1. The average Bonchev–Trinajstić information content (AvgIpc) is 3.10. The standard InChI is InChI=1S/C18H28N4O4S/c1-4-14-12(2)19-16(20-17(14)23)15-6-5-9-22(15)18(24)13-7-10-21(11-8-13)27(3,25)26/h13,15H,4-11H2,1-3H3,(H,19,20,23)/t15-/m0/s1. The van der Waals surface area contributed by atoms with Gasteiger partial charge in [-0.15, -0.1) is 0 Å². The van der Waals surface area contributed by atoms with E-state index >= 15 is 0 Å². The fraction of sp³-hybridized carbons (Fsp3) is 0.722. The molecule has 2 saturated heterocycles. The molecule has 0 saturated carbocycles. The summed E-state index contributed by atoms with van der Waals surface area (Å²) in [5, 5.41) is 0. The van der Waals surface area contributed by atoms with E-state index in [1.165, 1.54) is 10.6 Å². The number of nitrogens with zero attached hydrogens (tertiary/aromatic N) is 3. The number of hydrogen-bond donors (Lipinski definition) is 1. The summed E-state index contributed by atoms with van der Waals surface area (Å²) in [6.07, 6.45) is 4.55. The second kappa shape index (κ2) is 7.71. The highest BCUT2D eigenvalue weighted by atomic mass is 32.2. The predicted octanol–water partition coefficient (Wildman–Crippen LogP) is 0.976. The summed E-state index contributed by atoms with van der Waals surface area (Å²) in [7, 11) is -3.21. The van der Waals surface area contributed by atoms with E-state index in [4.69, 9.17) is 0 Å². The van der Waals surface area contributed by atoms with Crippen molar-refractivity contribution < 1.29 is 13.2 Å². The van der Waals surface area contributed by atoms with E-state index in [1.807, 2.05) is 18.7 Å². The molecule has 2 fully saturated rings. The number of nitrogens with one attached hydrogen (secondary N) is 1. The van der Waals surface area contributed by atoms with Crippen molar-refractivity contribution in [1.82, 2.24) is 19.2 Å². The topological polar surface area (TPSA) is 103 Å². The molecule has 0 aromatic carbocycles. The SMILES string of the molecule is CCc1c(C)nc([C@@H]2CCCN2C(=O)C2CCN(S(C)(=O)=O)CC2)[nH]c1=O. The Balaban J connectivity index is 1.75. The summed E-state index contributed by atoms with van der Waals surface area (Å²) < 4.78 is 24.8. The molecular formula is C18H28N4O4S. The van der Waals surface area contributed by atoms with Gasteiger partial charge >= 0.3 is 0 Å². The fourth-order valence-corrected chi connectivity index (χ4v) is 5.06. The van der Waals surface area contributed by atoms with Crippen LogP contribution in [0.1, 0.15) is 55.7 Å². The lowest BCUT2D eigenvalue weighted by molar-refractivity contribution is -0.137. The highest BCUT2D eigenvalue weighted by Crippen LogP contribution is 2.33. The summed E-state index contributed by atoms with van der Waals surface area (Å²) in [5.41, 5.74) is 1.28. The minimum absolute atomic E-state index is 0.0468. The first-order valence-electron chi connectivity index (χ1n) is 9.57. The molecule has 2 aliphatic rings. The molecule has 2 aliphatic heterocycles. The monoisotopic (exact) mass is 396 g/mol. The van der Waals surface area contributed by atoms with Crippen LogP contribution in [0.3, 0.4) is 0 Å². The van der Waals surface area contributed by atoms with Gasteiger partial charge in [0.1, 0.15) is 5.82 Å². The number of hydrogen-bond acceptors (Lipinski definition) is 5. The van der Waals surface area contributed by atoms with Crippen LogP contribution in [0.25, 0.3) is 0 Å². The molecule has 1 N–H and O–H groups in total. The molecule has 1 amide bonds. The molecule has 150 valence electrons. The Labute approximate surface area is 160 Å². The third-order valence-corrected chi connectivity index (χ3v) is 7.02. The lowest BCUT2D eigenvalue weighted by Crippen LogP contribution is -2.44. The van der Waals surface area contributed by atoms with E-state index < -0.39 is 10.0 Å². The van der Waals surface area contributed by atoms with E-state index in [0.717, 1.165) is 18.5 Å². The fourth-order valence-electron chi connectivity index (χ4n) is 4.19. The highest BCUT2D eigenvalue weighted by Gasteiger charge is 2.37. The minimum atomic E-state index is -3.21. The number of amides is 1. The summed E-state index contributed by atoms with van der Waals surface area (Å²) in [5.74, 6) is 0.436. The summed E-state index contributed by atoms with van der Waals surface area (Å²) >= 11 is 0. The summed E-state index contributed by atoms with van der Waals surface area (Å²) in [6.45, 7) is 5.17. The van der Waals surface area contributed by atoms with Crippen molar-refractivity contribution in [2.75, 3.05) is 25.9 Å². The quantitative estimate of drug-likeness (QED) is 0.817. The van der Waals surface area contributed by atoms with Crippen LogP contribution in [0, 0.1) is 12.8 Å². The zero-order valence-electron chi connectivity index (χ0n) is 16.2. The number of aromatic nitrogens is 2. The molecule has 3 heterocycles. The minimum Gasteiger partial charge on any atom is -0.332 e. The second-order valence-electron chi connectivity index (χ2n) is 7.49. The Bertz CT molecular complexity index is 872. The van der Waals surface area contributed by atoms with Crippen LogP contribution in [-0.4, -0.2) is 59.4 Å². The van der Waals surface area contributed by atoms with Gasteiger partial charge < -0.3 is 9.88 Å². The average molecular weight is 397 g/mol. The molecular weight excluding hydrogens is 368 g/mol. The van der Waals surface area contributed by atoms with Gasteiger partial charge in [0, 0.05) is 36.8 Å².